The molecule has 1 amide bonds. The molecule has 4 N–H and O–H groups in total. The van der Waals surface area contributed by atoms with Crippen molar-refractivity contribution in [3.05, 3.63) is 23.9 Å². The van der Waals surface area contributed by atoms with Gasteiger partial charge in [0.15, 0.2) is 0 Å². The van der Waals surface area contributed by atoms with E-state index in [4.69, 9.17) is 15.6 Å². The van der Waals surface area contributed by atoms with Crippen LogP contribution in [0.2, 0.25) is 0 Å². The van der Waals surface area contributed by atoms with Gasteiger partial charge < -0.3 is 25.6 Å². The molecule has 1 aromatic heterocycles. The monoisotopic (exact) mass is 321 g/mol. The summed E-state index contributed by atoms with van der Waals surface area (Å²) in [6.07, 6.45) is 3.13. The summed E-state index contributed by atoms with van der Waals surface area (Å²) >= 11 is 0. The molecular weight excluding hydrogens is 298 g/mol. The molecule has 1 saturated carbocycles. The maximum atomic E-state index is 12.5. The van der Waals surface area contributed by atoms with Gasteiger partial charge in [-0.15, -0.1) is 0 Å². The summed E-state index contributed by atoms with van der Waals surface area (Å²) in [5.41, 5.74) is 5.89. The number of likely N-dealkylation sites (tertiary alicyclic amines) is 1. The van der Waals surface area contributed by atoms with Gasteiger partial charge in [0.2, 0.25) is 0 Å². The zero-order valence-corrected chi connectivity index (χ0v) is 13.0. The lowest BCUT2D eigenvalue weighted by atomic mass is 9.58. The van der Waals surface area contributed by atoms with Crippen LogP contribution in [0.1, 0.15) is 29.6 Å². The smallest absolute Gasteiger partial charge is 0.254 e. The van der Waals surface area contributed by atoms with Crippen molar-refractivity contribution in [1.29, 1.82) is 0 Å². The first-order chi connectivity index (χ1) is 11.1. The average Bonchev–Trinajstić information content (AvgIpc) is 2.58. The van der Waals surface area contributed by atoms with Crippen LogP contribution in [0.5, 0.6) is 0 Å². The fraction of sp³-hybridized carbons (Fsp3) is 0.625. The topological polar surface area (TPSA) is 109 Å². The number of nitrogens with zero attached hydrogens (tertiary/aromatic N) is 2. The van der Waals surface area contributed by atoms with E-state index < -0.39 is 0 Å². The Labute approximate surface area is 135 Å². The first-order valence-corrected chi connectivity index (χ1v) is 7.98. The van der Waals surface area contributed by atoms with Crippen LogP contribution < -0.4 is 5.73 Å². The summed E-state index contributed by atoms with van der Waals surface area (Å²) in [4.78, 5) is 18.2. The van der Waals surface area contributed by atoms with Gasteiger partial charge in [-0.05, 0) is 25.0 Å². The zero-order valence-electron chi connectivity index (χ0n) is 13.0. The molecule has 1 spiro atoms. The van der Waals surface area contributed by atoms with Crippen LogP contribution in [0.3, 0.4) is 0 Å². The van der Waals surface area contributed by atoms with E-state index in [-0.39, 0.29) is 36.7 Å². The number of carbonyl (C=O) groups is 1. The van der Waals surface area contributed by atoms with Crippen LogP contribution >= 0.6 is 0 Å². The van der Waals surface area contributed by atoms with E-state index in [1.165, 1.54) is 6.20 Å². The van der Waals surface area contributed by atoms with Crippen LogP contribution in [0, 0.1) is 5.41 Å². The van der Waals surface area contributed by atoms with Crippen LogP contribution in [0.4, 0.5) is 5.82 Å². The minimum absolute atomic E-state index is 0.0171. The number of amides is 1. The van der Waals surface area contributed by atoms with Crippen molar-refractivity contribution in [1.82, 2.24) is 9.88 Å². The molecule has 1 aliphatic carbocycles. The second-order valence-corrected chi connectivity index (χ2v) is 6.33. The quantitative estimate of drug-likeness (QED) is 0.722. The second-order valence-electron chi connectivity index (χ2n) is 6.33. The van der Waals surface area contributed by atoms with Crippen molar-refractivity contribution in [2.75, 3.05) is 32.0 Å². The Hall–Kier alpha value is -1.70. The fourth-order valence-electron chi connectivity index (χ4n) is 3.70. The summed E-state index contributed by atoms with van der Waals surface area (Å²) in [5.74, 6) is 0.270. The molecule has 1 aromatic rings. The highest BCUT2D eigenvalue weighted by molar-refractivity contribution is 5.94. The largest absolute Gasteiger partial charge is 0.394 e. The number of nitrogens with two attached hydrogens (primary N) is 1. The first kappa shape index (κ1) is 16.2. The van der Waals surface area contributed by atoms with Crippen molar-refractivity contribution in [2.24, 2.45) is 5.41 Å². The van der Waals surface area contributed by atoms with Crippen LogP contribution in [-0.2, 0) is 4.74 Å². The molecule has 1 aliphatic heterocycles. The van der Waals surface area contributed by atoms with Crippen molar-refractivity contribution >= 4 is 11.7 Å². The van der Waals surface area contributed by atoms with Crippen LogP contribution in [-0.4, -0.2) is 64.5 Å². The highest BCUT2D eigenvalue weighted by atomic mass is 16.5. The minimum Gasteiger partial charge on any atom is -0.394 e. The average molecular weight is 321 g/mol. The number of aliphatic hydroxyl groups is 2. The number of nitrogen functional groups attached to an aromatic ring is 1. The number of anilines is 1. The Bertz CT molecular complexity index is 572. The predicted molar refractivity (Wildman–Crippen MR) is 83.7 cm³/mol. The molecule has 0 bridgehead atoms. The third-order valence-corrected chi connectivity index (χ3v) is 5.16. The Morgan fingerprint density at radius 2 is 2.22 bits per heavy atom. The SMILES string of the molecule is Nc1cc(C(=O)N2CCC3(CC2)[C@@H](O)C[C@H]3OCCO)ccn1. The lowest BCUT2D eigenvalue weighted by molar-refractivity contribution is -0.211. The lowest BCUT2D eigenvalue weighted by Crippen LogP contribution is -2.62. The van der Waals surface area contributed by atoms with Crippen molar-refractivity contribution in [2.45, 2.75) is 31.5 Å². The molecule has 2 heterocycles. The van der Waals surface area contributed by atoms with Gasteiger partial charge in [0, 0.05) is 36.7 Å². The number of ether oxygens (including phenoxy) is 1. The molecule has 1 saturated heterocycles. The van der Waals surface area contributed by atoms with Gasteiger partial charge in [0.05, 0.1) is 25.4 Å². The number of rotatable bonds is 4. The highest BCUT2D eigenvalue weighted by Crippen LogP contribution is 2.51. The fourth-order valence-corrected chi connectivity index (χ4v) is 3.70. The molecule has 0 radical (unpaired) electrons. The van der Waals surface area contributed by atoms with E-state index in [1.807, 2.05) is 0 Å². The molecular formula is C16H23N3O4. The van der Waals surface area contributed by atoms with Crippen LogP contribution in [0.25, 0.3) is 0 Å². The maximum absolute atomic E-state index is 12.5. The van der Waals surface area contributed by atoms with E-state index in [0.717, 1.165) is 0 Å². The second kappa shape index (κ2) is 6.43. The third kappa shape index (κ3) is 2.91. The summed E-state index contributed by atoms with van der Waals surface area (Å²) in [5, 5.41) is 19.1. The number of aromatic nitrogens is 1. The van der Waals surface area contributed by atoms with E-state index in [2.05, 4.69) is 4.98 Å². The molecule has 7 nitrogen and oxygen atoms in total. The summed E-state index contributed by atoms with van der Waals surface area (Å²) in [6, 6.07) is 3.24. The molecule has 2 aliphatic rings. The van der Waals surface area contributed by atoms with Gasteiger partial charge in [0.25, 0.3) is 5.91 Å². The molecule has 2 fully saturated rings. The van der Waals surface area contributed by atoms with Crippen LogP contribution in [0.15, 0.2) is 18.3 Å². The standard InChI is InChI=1S/C16H23N3O4/c17-14-9-11(1-4-18-14)15(22)19-5-2-16(3-6-19)12(21)10-13(16)23-8-7-20/h1,4,9,12-13,20-21H,2-3,5-8,10H2,(H2,17,18)/t12-,13+/m0/s1. The minimum atomic E-state index is -0.389. The maximum Gasteiger partial charge on any atom is 0.254 e. The molecule has 0 unspecified atom stereocenters. The lowest BCUT2D eigenvalue weighted by Gasteiger charge is -2.56. The molecule has 126 valence electrons. The Kier molecular flexibility index (Phi) is 4.52. The number of carbonyl (C=O) groups excluding carboxylic acids is 1. The van der Waals surface area contributed by atoms with Gasteiger partial charge in [-0.2, -0.15) is 0 Å². The molecule has 7 heteroatoms. The number of piperidine rings is 1. The van der Waals surface area contributed by atoms with E-state index in [1.54, 1.807) is 17.0 Å². The summed E-state index contributed by atoms with van der Waals surface area (Å²) in [6.45, 7) is 1.43. The van der Waals surface area contributed by atoms with E-state index in [0.29, 0.717) is 43.7 Å². The number of hydrogen-bond donors (Lipinski definition) is 3. The normalized spacial score (nSPS) is 26.1. The number of hydrogen-bond acceptors (Lipinski definition) is 6. The zero-order chi connectivity index (χ0) is 16.4. The molecule has 23 heavy (non-hydrogen) atoms. The Balaban J connectivity index is 1.63. The molecule has 0 aromatic carbocycles. The van der Waals surface area contributed by atoms with Gasteiger partial charge in [-0.1, -0.05) is 0 Å². The first-order valence-electron chi connectivity index (χ1n) is 7.98. The Morgan fingerprint density at radius 1 is 1.48 bits per heavy atom. The van der Waals surface area contributed by atoms with Gasteiger partial charge in [-0.3, -0.25) is 4.79 Å². The van der Waals surface area contributed by atoms with Crippen molar-refractivity contribution in [3.63, 3.8) is 0 Å². The van der Waals surface area contributed by atoms with Crippen molar-refractivity contribution < 1.29 is 19.7 Å². The molecule has 2 atom stereocenters. The van der Waals surface area contributed by atoms with Crippen molar-refractivity contribution in [3.8, 4) is 0 Å². The predicted octanol–water partition coefficient (Wildman–Crippen LogP) is 0.0283. The number of aliphatic hydroxyl groups excluding tert-OH is 2. The highest BCUT2D eigenvalue weighted by Gasteiger charge is 2.56. The van der Waals surface area contributed by atoms with Gasteiger partial charge in [0.1, 0.15) is 5.82 Å². The summed E-state index contributed by atoms with van der Waals surface area (Å²) in [7, 11) is 0. The summed E-state index contributed by atoms with van der Waals surface area (Å²) < 4.78 is 5.65. The number of pyridine rings is 1. The molecule has 3 rings (SSSR count). The van der Waals surface area contributed by atoms with Gasteiger partial charge in [-0.25, -0.2) is 4.98 Å². The third-order valence-electron chi connectivity index (χ3n) is 5.16. The van der Waals surface area contributed by atoms with E-state index >= 15 is 0 Å². The van der Waals surface area contributed by atoms with Gasteiger partial charge >= 0.3 is 0 Å². The van der Waals surface area contributed by atoms with E-state index in [9.17, 15) is 9.90 Å². The Morgan fingerprint density at radius 3 is 2.83 bits per heavy atom.